The molecule has 0 aromatic heterocycles. The van der Waals surface area contributed by atoms with Crippen LogP contribution in [-0.4, -0.2) is 45.5 Å². The van der Waals surface area contributed by atoms with E-state index in [9.17, 15) is 14.7 Å². The lowest BCUT2D eigenvalue weighted by Gasteiger charge is -2.24. The third-order valence-electron chi connectivity index (χ3n) is 4.40. The van der Waals surface area contributed by atoms with Crippen LogP contribution < -0.4 is 29.2 Å². The monoisotopic (exact) mass is 388 g/mol. The summed E-state index contributed by atoms with van der Waals surface area (Å²) in [6.07, 6.45) is 0. The summed E-state index contributed by atoms with van der Waals surface area (Å²) >= 11 is 0. The first-order valence-electron chi connectivity index (χ1n) is 8.26. The molecule has 9 heteroatoms. The second-order valence-corrected chi connectivity index (χ2v) is 5.88. The molecule has 0 aliphatic carbocycles. The zero-order valence-electron chi connectivity index (χ0n) is 15.8. The Labute approximate surface area is 161 Å². The summed E-state index contributed by atoms with van der Waals surface area (Å²) in [5.74, 6) is 0.618. The Bertz CT molecular complexity index is 903. The van der Waals surface area contributed by atoms with Crippen molar-refractivity contribution in [2.75, 3.05) is 33.3 Å². The van der Waals surface area contributed by atoms with Crippen molar-refractivity contribution >= 4 is 17.6 Å². The fourth-order valence-electron chi connectivity index (χ4n) is 3.12. The number of amides is 3. The van der Waals surface area contributed by atoms with Gasteiger partial charge in [0.05, 0.1) is 34.1 Å². The standard InChI is InChI=1S/C19H20N2O7/c1-25-13-6-5-10(7-12(13)22)16-18(23)20-19(24)21(16)11-8-14(26-2)17(28-4)15(9-11)27-3/h5-9,16,22H,1-4H3,(H,20,23,24). The van der Waals surface area contributed by atoms with Crippen LogP contribution in [0.5, 0.6) is 28.7 Å². The zero-order chi connectivity index (χ0) is 20.4. The Morgan fingerprint density at radius 1 is 0.893 bits per heavy atom. The number of benzene rings is 2. The lowest BCUT2D eigenvalue weighted by molar-refractivity contribution is -0.119. The van der Waals surface area contributed by atoms with Crippen LogP contribution in [-0.2, 0) is 4.79 Å². The number of hydrogen-bond acceptors (Lipinski definition) is 7. The van der Waals surface area contributed by atoms with Crippen LogP contribution in [0.2, 0.25) is 0 Å². The average molecular weight is 388 g/mol. The highest BCUT2D eigenvalue weighted by Crippen LogP contribution is 2.44. The maximum atomic E-state index is 12.5. The van der Waals surface area contributed by atoms with E-state index in [1.165, 1.54) is 45.5 Å². The van der Waals surface area contributed by atoms with Gasteiger partial charge < -0.3 is 24.1 Å². The summed E-state index contributed by atoms with van der Waals surface area (Å²) in [5.41, 5.74) is 0.772. The average Bonchev–Trinajstić information content (AvgIpc) is 3.00. The molecule has 2 aromatic rings. The van der Waals surface area contributed by atoms with Crippen molar-refractivity contribution in [2.45, 2.75) is 6.04 Å². The highest BCUT2D eigenvalue weighted by atomic mass is 16.5. The molecule has 0 spiro atoms. The molecule has 1 aliphatic heterocycles. The predicted molar refractivity (Wildman–Crippen MR) is 99.5 cm³/mol. The number of rotatable bonds is 6. The Hall–Kier alpha value is -3.62. The Morgan fingerprint density at radius 3 is 2.00 bits per heavy atom. The number of hydrogen-bond donors (Lipinski definition) is 2. The number of phenolic OH excluding ortho intramolecular Hbond substituents is 1. The highest BCUT2D eigenvalue weighted by Gasteiger charge is 2.41. The molecule has 3 rings (SSSR count). The van der Waals surface area contributed by atoms with Gasteiger partial charge in [0.15, 0.2) is 23.0 Å². The number of methoxy groups -OCH3 is 4. The molecule has 0 radical (unpaired) electrons. The SMILES string of the molecule is COc1ccc(C2C(=O)NC(=O)N2c2cc(OC)c(OC)c(OC)c2)cc1O. The minimum Gasteiger partial charge on any atom is -0.504 e. The number of phenols is 1. The van der Waals surface area contributed by atoms with E-state index in [1.54, 1.807) is 18.2 Å². The van der Waals surface area contributed by atoms with Gasteiger partial charge in [-0.1, -0.05) is 6.07 Å². The minimum absolute atomic E-state index is 0.142. The second-order valence-electron chi connectivity index (χ2n) is 5.88. The van der Waals surface area contributed by atoms with E-state index in [4.69, 9.17) is 18.9 Å². The van der Waals surface area contributed by atoms with Gasteiger partial charge in [-0.2, -0.15) is 0 Å². The lowest BCUT2D eigenvalue weighted by atomic mass is 10.0. The van der Waals surface area contributed by atoms with Crippen molar-refractivity contribution in [2.24, 2.45) is 0 Å². The van der Waals surface area contributed by atoms with Gasteiger partial charge in [0.2, 0.25) is 5.75 Å². The van der Waals surface area contributed by atoms with Crippen molar-refractivity contribution in [1.82, 2.24) is 5.32 Å². The molecule has 1 unspecified atom stereocenters. The van der Waals surface area contributed by atoms with Gasteiger partial charge in [-0.25, -0.2) is 4.79 Å². The van der Waals surface area contributed by atoms with E-state index in [-0.39, 0.29) is 11.5 Å². The molecule has 0 saturated carbocycles. The Balaban J connectivity index is 2.12. The number of anilines is 1. The quantitative estimate of drug-likeness (QED) is 0.731. The number of carbonyl (C=O) groups excluding carboxylic acids is 2. The molecule has 2 N–H and O–H groups in total. The Morgan fingerprint density at radius 2 is 1.50 bits per heavy atom. The molecule has 0 bridgehead atoms. The summed E-state index contributed by atoms with van der Waals surface area (Å²) < 4.78 is 21.0. The summed E-state index contributed by atoms with van der Waals surface area (Å²) in [5, 5.41) is 12.4. The molecule has 1 aliphatic rings. The summed E-state index contributed by atoms with van der Waals surface area (Å²) in [6, 6.07) is 6.03. The van der Waals surface area contributed by atoms with Gasteiger partial charge in [-0.05, 0) is 17.7 Å². The predicted octanol–water partition coefficient (Wildman–Crippen LogP) is 2.22. The molecular formula is C19H20N2O7. The van der Waals surface area contributed by atoms with E-state index in [0.717, 1.165) is 0 Å². The largest absolute Gasteiger partial charge is 0.504 e. The first-order chi connectivity index (χ1) is 13.4. The van der Waals surface area contributed by atoms with Gasteiger partial charge >= 0.3 is 6.03 Å². The fraction of sp³-hybridized carbons (Fsp3) is 0.263. The zero-order valence-corrected chi connectivity index (χ0v) is 15.8. The summed E-state index contributed by atoms with van der Waals surface area (Å²) in [4.78, 5) is 26.3. The van der Waals surface area contributed by atoms with Crippen molar-refractivity contribution in [3.8, 4) is 28.7 Å². The molecule has 1 fully saturated rings. The topological polar surface area (TPSA) is 107 Å². The molecule has 3 amide bonds. The molecule has 1 atom stereocenters. The Kier molecular flexibility index (Phi) is 5.16. The van der Waals surface area contributed by atoms with E-state index < -0.39 is 18.0 Å². The molecule has 9 nitrogen and oxygen atoms in total. The van der Waals surface area contributed by atoms with Gasteiger partial charge in [0, 0.05) is 12.1 Å². The summed E-state index contributed by atoms with van der Waals surface area (Å²) in [6.45, 7) is 0. The second kappa shape index (κ2) is 7.55. The number of ether oxygens (including phenoxy) is 4. The maximum Gasteiger partial charge on any atom is 0.329 e. The molecule has 148 valence electrons. The van der Waals surface area contributed by atoms with Crippen LogP contribution in [0.1, 0.15) is 11.6 Å². The number of imide groups is 1. The lowest BCUT2D eigenvalue weighted by Crippen LogP contribution is -2.29. The van der Waals surface area contributed by atoms with E-state index in [2.05, 4.69) is 5.32 Å². The molecule has 1 heterocycles. The number of aromatic hydroxyl groups is 1. The van der Waals surface area contributed by atoms with Crippen molar-refractivity contribution in [3.63, 3.8) is 0 Å². The molecule has 28 heavy (non-hydrogen) atoms. The van der Waals surface area contributed by atoms with Gasteiger partial charge in [0.1, 0.15) is 6.04 Å². The van der Waals surface area contributed by atoms with Crippen molar-refractivity contribution < 1.29 is 33.6 Å². The fourth-order valence-corrected chi connectivity index (χ4v) is 3.12. The van der Waals surface area contributed by atoms with E-state index >= 15 is 0 Å². The number of nitrogens with zero attached hydrogens (tertiary/aromatic N) is 1. The molecular weight excluding hydrogens is 368 g/mol. The first-order valence-corrected chi connectivity index (χ1v) is 8.26. The van der Waals surface area contributed by atoms with Gasteiger partial charge in [-0.15, -0.1) is 0 Å². The van der Waals surface area contributed by atoms with Crippen molar-refractivity contribution in [1.29, 1.82) is 0 Å². The van der Waals surface area contributed by atoms with E-state index in [1.807, 2.05) is 0 Å². The van der Waals surface area contributed by atoms with Crippen LogP contribution in [0.25, 0.3) is 0 Å². The van der Waals surface area contributed by atoms with Crippen LogP contribution in [0, 0.1) is 0 Å². The van der Waals surface area contributed by atoms with Crippen LogP contribution >= 0.6 is 0 Å². The van der Waals surface area contributed by atoms with Crippen LogP contribution in [0.3, 0.4) is 0 Å². The first kappa shape index (κ1) is 19.2. The number of carbonyl (C=O) groups is 2. The number of urea groups is 1. The van der Waals surface area contributed by atoms with Crippen LogP contribution in [0.4, 0.5) is 10.5 Å². The van der Waals surface area contributed by atoms with E-state index in [0.29, 0.717) is 28.5 Å². The van der Waals surface area contributed by atoms with Crippen LogP contribution in [0.15, 0.2) is 30.3 Å². The smallest absolute Gasteiger partial charge is 0.329 e. The highest BCUT2D eigenvalue weighted by molar-refractivity contribution is 6.14. The summed E-state index contributed by atoms with van der Waals surface area (Å²) in [7, 11) is 5.79. The molecule has 1 saturated heterocycles. The minimum atomic E-state index is -0.993. The number of nitrogens with one attached hydrogen (secondary N) is 1. The third kappa shape index (κ3) is 3.11. The third-order valence-corrected chi connectivity index (χ3v) is 4.40. The maximum absolute atomic E-state index is 12.5. The van der Waals surface area contributed by atoms with Gasteiger partial charge in [0.25, 0.3) is 5.91 Å². The van der Waals surface area contributed by atoms with Crippen molar-refractivity contribution in [3.05, 3.63) is 35.9 Å². The normalized spacial score (nSPS) is 16.0. The van der Waals surface area contributed by atoms with Gasteiger partial charge in [-0.3, -0.25) is 15.0 Å². The molecule has 2 aromatic carbocycles.